The van der Waals surface area contributed by atoms with Gasteiger partial charge in [0.05, 0.1) is 50.8 Å². The molecule has 0 amide bonds. The van der Waals surface area contributed by atoms with Gasteiger partial charge in [-0.25, -0.2) is 35.2 Å². The second-order valence-corrected chi connectivity index (χ2v) is 22.3. The van der Waals surface area contributed by atoms with Crippen molar-refractivity contribution in [2.24, 2.45) is 10.4 Å². The molecule has 2 heterocycles. The van der Waals surface area contributed by atoms with Crippen molar-refractivity contribution in [3.05, 3.63) is 119 Å². The number of ketones is 1. The van der Waals surface area contributed by atoms with Gasteiger partial charge < -0.3 is 34.4 Å². The zero-order valence-corrected chi connectivity index (χ0v) is 48.2. The number of rotatable bonds is 13. The molecule has 1 aliphatic carbocycles. The molecule has 0 radical (unpaired) electrons. The molecule has 71 heavy (non-hydrogen) atoms. The summed E-state index contributed by atoms with van der Waals surface area (Å²) in [6.45, 7) is 9.84. The number of anilines is 3. The number of amidine groups is 1. The summed E-state index contributed by atoms with van der Waals surface area (Å²) in [6, 6.07) is 21.7. The van der Waals surface area contributed by atoms with Gasteiger partial charge in [0.1, 0.15) is 42.2 Å². The van der Waals surface area contributed by atoms with Crippen molar-refractivity contribution in [1.82, 2.24) is 9.71 Å². The van der Waals surface area contributed by atoms with E-state index in [2.05, 4.69) is 20.3 Å². The minimum atomic E-state index is -5.25. The number of nitrogens with one attached hydrogen (secondary N) is 3. The number of carboxylic acid groups (broad SMARTS) is 1. The van der Waals surface area contributed by atoms with E-state index in [1.807, 2.05) is 40.7 Å². The third-order valence-electron chi connectivity index (χ3n) is 11.2. The Labute approximate surface area is 476 Å². The second kappa shape index (κ2) is 21.3. The molecule has 0 spiro atoms. The number of sulfonamides is 1. The SMILES string of the molecule is CC(C)(C)CC(C)(C)c1ccc(Oc2cc(Nc3ccc(S(=O)(=O)[O-])cc3)c3c4c(c(C5=Nc6ccc(C(=O)[O-])cc6S(=O)(=O)N5)c(NCCC#N)nc24)-c2ccccc2C3=O)c(S(=O)(=O)[O-])c1.[Na+].[Na+].[Na+]. The topological polar surface area (TPSA) is 300 Å². The summed E-state index contributed by atoms with van der Waals surface area (Å²) in [5.74, 6) is -3.28. The van der Waals surface area contributed by atoms with Gasteiger partial charge in [0, 0.05) is 34.8 Å². The Bertz CT molecular complexity index is 3600. The zero-order chi connectivity index (χ0) is 49.3. The van der Waals surface area contributed by atoms with Crippen molar-refractivity contribution in [3.63, 3.8) is 0 Å². The van der Waals surface area contributed by atoms with Gasteiger partial charge in [-0.1, -0.05) is 71.0 Å². The standard InChI is InChI=1S/C47H42N6O12S3.3Na/c1-46(2,3)24-47(4,5)26-12-18-33(36(22-26)68(62,63)64)65-34-23-32(50-27-13-15-28(16-14-27)67(59,60)61)38-39-37(29-9-6-7-10-30(29)42(38)54)40(43(52-41(34)39)49-20-8-19-48)44-51-31-17-11-25(45(55)56)21-35(31)66(57,58)53-44;;;/h6-7,9-18,21-23,50H,8,20,24H2,1-5H3,(H,49,52)(H,51,53)(H,55,56)(H,59,60,61)(H,62,63,64);;;/q;3*+1/p-3. The van der Waals surface area contributed by atoms with Crippen LogP contribution in [0.4, 0.5) is 22.9 Å². The second-order valence-electron chi connectivity index (χ2n) is 17.9. The van der Waals surface area contributed by atoms with E-state index >= 15 is 0 Å². The molecule has 0 saturated carbocycles. The Morgan fingerprint density at radius 2 is 1.49 bits per heavy atom. The van der Waals surface area contributed by atoms with Crippen molar-refractivity contribution < 1.29 is 142 Å². The number of fused-ring (bicyclic) bond motifs is 3. The molecule has 0 saturated heterocycles. The monoisotopic (exact) mass is 1040 g/mol. The predicted octanol–water partition coefficient (Wildman–Crippen LogP) is -2.42. The average Bonchev–Trinajstić information content (AvgIpc) is 3.24. The first-order valence-corrected chi connectivity index (χ1v) is 25.0. The van der Waals surface area contributed by atoms with Crippen molar-refractivity contribution in [3.8, 4) is 28.7 Å². The van der Waals surface area contributed by atoms with Gasteiger partial charge in [-0.05, 0) is 82.5 Å². The first-order valence-electron chi connectivity index (χ1n) is 20.7. The third-order valence-corrected chi connectivity index (χ3v) is 14.3. The molecule has 24 heteroatoms. The van der Waals surface area contributed by atoms with Crippen molar-refractivity contribution in [1.29, 1.82) is 5.26 Å². The molecule has 2 aliphatic rings. The van der Waals surface area contributed by atoms with Crippen LogP contribution < -0.4 is 114 Å². The maximum Gasteiger partial charge on any atom is 1.00 e. The largest absolute Gasteiger partial charge is 1.00 e. The Morgan fingerprint density at radius 3 is 2.10 bits per heavy atom. The molecular formula is C47H39N6Na3O12S3. The molecule has 18 nitrogen and oxygen atoms in total. The van der Waals surface area contributed by atoms with Crippen molar-refractivity contribution in [2.75, 3.05) is 17.2 Å². The van der Waals surface area contributed by atoms with Crippen LogP contribution in [0.1, 0.15) is 84.9 Å². The summed E-state index contributed by atoms with van der Waals surface area (Å²) >= 11 is 0. The summed E-state index contributed by atoms with van der Waals surface area (Å²) in [5, 5.41) is 27.4. The summed E-state index contributed by atoms with van der Waals surface area (Å²) in [4.78, 5) is 34.4. The van der Waals surface area contributed by atoms with E-state index in [1.165, 1.54) is 42.5 Å². The minimum absolute atomic E-state index is 0. The van der Waals surface area contributed by atoms with Crippen LogP contribution in [0.25, 0.3) is 22.0 Å². The molecule has 0 bridgehead atoms. The number of aromatic carboxylic acids is 1. The summed E-state index contributed by atoms with van der Waals surface area (Å²) < 4.78 is 112. The maximum atomic E-state index is 14.9. The maximum absolute atomic E-state index is 14.9. The number of nitriles is 1. The molecule has 8 rings (SSSR count). The summed E-state index contributed by atoms with van der Waals surface area (Å²) in [7, 11) is -14.7. The van der Waals surface area contributed by atoms with E-state index in [9.17, 15) is 54.3 Å². The number of benzene rings is 5. The van der Waals surface area contributed by atoms with Crippen LogP contribution in [0, 0.1) is 16.7 Å². The van der Waals surface area contributed by atoms with Crippen LogP contribution in [0.5, 0.6) is 11.5 Å². The van der Waals surface area contributed by atoms with Gasteiger partial charge in [0.15, 0.2) is 17.4 Å². The third kappa shape index (κ3) is 11.8. The smallest absolute Gasteiger partial charge is 0.744 e. The summed E-state index contributed by atoms with van der Waals surface area (Å²) in [6.07, 6.45) is 0.518. The van der Waals surface area contributed by atoms with Gasteiger partial charge in [-0.3, -0.25) is 9.52 Å². The molecule has 1 aliphatic heterocycles. The van der Waals surface area contributed by atoms with E-state index in [-0.39, 0.29) is 180 Å². The minimum Gasteiger partial charge on any atom is -0.744 e. The normalized spacial score (nSPS) is 13.6. The Balaban J connectivity index is 0.00000312. The molecule has 350 valence electrons. The molecule has 0 unspecified atom stereocenters. The van der Waals surface area contributed by atoms with Crippen molar-refractivity contribution >= 4 is 81.6 Å². The first-order chi connectivity index (χ1) is 31.8. The van der Waals surface area contributed by atoms with Gasteiger partial charge in [0.25, 0.3) is 10.0 Å². The molecule has 6 aromatic rings. The van der Waals surface area contributed by atoms with Crippen LogP contribution in [-0.4, -0.2) is 63.5 Å². The molecule has 0 atom stereocenters. The number of carbonyl (C=O) groups excluding carboxylic acids is 2. The molecule has 0 fully saturated rings. The fourth-order valence-electron chi connectivity index (χ4n) is 8.72. The van der Waals surface area contributed by atoms with Crippen LogP contribution >= 0.6 is 0 Å². The average molecular weight is 1050 g/mol. The number of aliphatic imine (C=N–C) groups is 1. The number of hydrogen-bond acceptors (Lipinski definition) is 17. The van der Waals surface area contributed by atoms with Crippen LogP contribution in [0.15, 0.2) is 111 Å². The quantitative estimate of drug-likeness (QED) is 0.0615. The van der Waals surface area contributed by atoms with Crippen LogP contribution in [0.2, 0.25) is 0 Å². The van der Waals surface area contributed by atoms with Gasteiger partial charge in [-0.15, -0.1) is 0 Å². The fourth-order valence-corrected chi connectivity index (χ4v) is 11.0. The first kappa shape index (κ1) is 57.7. The number of ether oxygens (including phenoxy) is 1. The van der Waals surface area contributed by atoms with E-state index in [0.29, 0.717) is 12.0 Å². The van der Waals surface area contributed by atoms with E-state index < -0.39 is 73.4 Å². The number of nitrogens with zero attached hydrogens (tertiary/aromatic N) is 3. The van der Waals surface area contributed by atoms with Gasteiger partial charge >= 0.3 is 88.7 Å². The fraction of sp³-hybridized carbons (Fsp3) is 0.213. The Kier molecular flexibility index (Phi) is 17.3. The number of carboxylic acids is 1. The van der Waals surface area contributed by atoms with E-state index in [4.69, 9.17) is 9.72 Å². The van der Waals surface area contributed by atoms with Gasteiger partial charge in [-0.2, -0.15) is 5.26 Å². The molecular weight excluding hydrogens is 1010 g/mol. The van der Waals surface area contributed by atoms with E-state index in [1.54, 1.807) is 24.3 Å². The Morgan fingerprint density at radius 1 is 0.831 bits per heavy atom. The zero-order valence-electron chi connectivity index (χ0n) is 39.7. The predicted molar refractivity (Wildman–Crippen MR) is 246 cm³/mol. The van der Waals surface area contributed by atoms with Crippen LogP contribution in [-0.2, 0) is 35.7 Å². The van der Waals surface area contributed by atoms with Crippen molar-refractivity contribution in [2.45, 2.75) is 67.6 Å². The van der Waals surface area contributed by atoms with Gasteiger partial charge in [0.2, 0.25) is 0 Å². The number of carbonyl (C=O) groups is 2. The number of aromatic nitrogens is 1. The van der Waals surface area contributed by atoms with E-state index in [0.717, 1.165) is 24.3 Å². The Hall–Kier alpha value is -4.22. The summed E-state index contributed by atoms with van der Waals surface area (Å²) in [5.41, 5.74) is -0.444. The molecule has 3 N–H and O–H groups in total. The van der Waals surface area contributed by atoms with Crippen LogP contribution in [0.3, 0.4) is 0 Å². The molecule has 5 aromatic carbocycles. The number of hydrogen-bond donors (Lipinski definition) is 3. The number of pyridine rings is 1. The molecule has 1 aromatic heterocycles.